The molecule has 0 N–H and O–H groups in total. The maximum Gasteiger partial charge on any atom is 0.220 e. The lowest BCUT2D eigenvalue weighted by Gasteiger charge is -2.10. The molecule has 0 spiro atoms. The minimum absolute atomic E-state index is 0. The molecule has 1 heterocycles. The van der Waals surface area contributed by atoms with Gasteiger partial charge in [0.25, 0.3) is 0 Å². The van der Waals surface area contributed by atoms with Crippen molar-refractivity contribution >= 4 is 24.0 Å². The van der Waals surface area contributed by atoms with Crippen LogP contribution in [0.15, 0.2) is 10.1 Å². The molecule has 1 aliphatic carbocycles. The molecule has 0 aromatic heterocycles. The van der Waals surface area contributed by atoms with Crippen molar-refractivity contribution in [2.75, 3.05) is 6.54 Å². The summed E-state index contributed by atoms with van der Waals surface area (Å²) in [5.74, 6) is 0.896. The summed E-state index contributed by atoms with van der Waals surface area (Å²) < 4.78 is 0. The van der Waals surface area contributed by atoms with Crippen molar-refractivity contribution in [3.63, 3.8) is 0 Å². The fourth-order valence-electron chi connectivity index (χ4n) is 4.21. The Morgan fingerprint density at radius 1 is 0.500 bits per heavy atom. The van der Waals surface area contributed by atoms with Crippen molar-refractivity contribution in [3.8, 4) is 0 Å². The molecule has 0 aromatic rings. The van der Waals surface area contributed by atoms with E-state index in [1.807, 2.05) is 0 Å². The highest BCUT2D eigenvalue weighted by atomic mass is 35.5. The van der Waals surface area contributed by atoms with Crippen molar-refractivity contribution in [1.29, 1.82) is 0 Å². The number of rotatable bonds is 1. The van der Waals surface area contributed by atoms with E-state index in [1.165, 1.54) is 121 Å². The van der Waals surface area contributed by atoms with Crippen LogP contribution in [0.25, 0.3) is 0 Å². The fourth-order valence-corrected chi connectivity index (χ4v) is 4.21. The number of aliphatic imine (C=N–C) groups is 1. The molecule has 0 aromatic carbocycles. The van der Waals surface area contributed by atoms with Crippen molar-refractivity contribution < 1.29 is 4.84 Å². The molecular formula is C24H45ClN2O. The van der Waals surface area contributed by atoms with E-state index in [0.717, 1.165) is 31.7 Å². The molecular weight excluding hydrogens is 368 g/mol. The van der Waals surface area contributed by atoms with E-state index in [-0.39, 0.29) is 12.4 Å². The largest absolute Gasteiger partial charge is 0.342 e. The second-order valence-electron chi connectivity index (χ2n) is 8.64. The van der Waals surface area contributed by atoms with Gasteiger partial charge in [-0.25, -0.2) is 0 Å². The van der Waals surface area contributed by atoms with Crippen molar-refractivity contribution in [3.05, 3.63) is 0 Å². The van der Waals surface area contributed by atoms with Gasteiger partial charge in [0, 0.05) is 13.0 Å². The first kappa shape index (κ1) is 25.5. The Labute approximate surface area is 180 Å². The van der Waals surface area contributed by atoms with Crippen LogP contribution in [0.2, 0.25) is 0 Å². The third kappa shape index (κ3) is 13.6. The van der Waals surface area contributed by atoms with E-state index in [1.54, 1.807) is 0 Å². The molecule has 0 bridgehead atoms. The zero-order valence-corrected chi connectivity index (χ0v) is 19.1. The molecule has 2 aliphatic rings. The van der Waals surface area contributed by atoms with Gasteiger partial charge in [0.15, 0.2) is 0 Å². The summed E-state index contributed by atoms with van der Waals surface area (Å²) >= 11 is 0. The molecule has 3 nitrogen and oxygen atoms in total. The monoisotopic (exact) mass is 412 g/mol. The van der Waals surface area contributed by atoms with Gasteiger partial charge in [0.05, 0.1) is 5.71 Å². The summed E-state index contributed by atoms with van der Waals surface area (Å²) in [4.78, 5) is 10.7. The molecule has 164 valence electrons. The summed E-state index contributed by atoms with van der Waals surface area (Å²) in [6.07, 6.45) is 27.5. The van der Waals surface area contributed by atoms with Crippen LogP contribution in [0.4, 0.5) is 0 Å². The van der Waals surface area contributed by atoms with Gasteiger partial charge in [-0.1, -0.05) is 95.0 Å². The molecule has 1 saturated carbocycles. The number of nitrogens with zero attached hydrogens (tertiary/aromatic N) is 2. The summed E-state index contributed by atoms with van der Waals surface area (Å²) in [7, 11) is 0. The van der Waals surface area contributed by atoms with Crippen LogP contribution < -0.4 is 0 Å². The van der Waals surface area contributed by atoms with Crippen molar-refractivity contribution in [1.82, 2.24) is 0 Å². The fraction of sp³-hybridized carbons (Fsp3) is 0.917. The summed E-state index contributed by atoms with van der Waals surface area (Å²) in [5, 5.41) is 4.61. The van der Waals surface area contributed by atoms with Gasteiger partial charge in [-0.15, -0.1) is 12.4 Å². The van der Waals surface area contributed by atoms with Gasteiger partial charge in [-0.05, 0) is 38.5 Å². The number of oxime groups is 1. The third-order valence-corrected chi connectivity index (χ3v) is 6.05. The van der Waals surface area contributed by atoms with E-state index >= 15 is 0 Å². The summed E-state index contributed by atoms with van der Waals surface area (Å²) in [5.41, 5.74) is 1.28. The molecule has 0 amide bonds. The molecule has 28 heavy (non-hydrogen) atoms. The number of hydrogen-bond donors (Lipinski definition) is 0. The molecule has 1 aliphatic heterocycles. The first-order valence-corrected chi connectivity index (χ1v) is 12.2. The maximum atomic E-state index is 5.92. The van der Waals surface area contributed by atoms with Gasteiger partial charge in [0.1, 0.15) is 0 Å². The lowest BCUT2D eigenvalue weighted by atomic mass is 10.00. The van der Waals surface area contributed by atoms with Gasteiger partial charge in [-0.3, -0.25) is 4.99 Å². The zero-order chi connectivity index (χ0) is 18.8. The van der Waals surface area contributed by atoms with Crippen LogP contribution in [-0.2, 0) is 4.84 Å². The topological polar surface area (TPSA) is 34.0 Å². The Balaban J connectivity index is 0.00000392. The molecule has 0 radical (unpaired) electrons. The SMILES string of the molecule is C1CCCCCC(=NO/C2=N\CCCCCCCCCCC2)CCCCC1.Cl. The lowest BCUT2D eigenvalue weighted by Crippen LogP contribution is -2.07. The molecule has 0 atom stereocenters. The lowest BCUT2D eigenvalue weighted by molar-refractivity contribution is 0.310. The molecule has 0 unspecified atom stereocenters. The Kier molecular flexibility index (Phi) is 16.8. The highest BCUT2D eigenvalue weighted by Gasteiger charge is 2.07. The normalized spacial score (nSPS) is 24.4. The van der Waals surface area contributed by atoms with Crippen LogP contribution >= 0.6 is 12.4 Å². The van der Waals surface area contributed by atoms with E-state index in [4.69, 9.17) is 9.83 Å². The predicted molar refractivity (Wildman–Crippen MR) is 125 cm³/mol. The predicted octanol–water partition coefficient (Wildman–Crippen LogP) is 8.40. The van der Waals surface area contributed by atoms with E-state index in [2.05, 4.69) is 5.16 Å². The minimum atomic E-state index is 0. The Morgan fingerprint density at radius 3 is 1.39 bits per heavy atom. The van der Waals surface area contributed by atoms with E-state index in [9.17, 15) is 0 Å². The first-order valence-electron chi connectivity index (χ1n) is 12.2. The molecule has 1 fully saturated rings. The van der Waals surface area contributed by atoms with Gasteiger partial charge < -0.3 is 4.84 Å². The van der Waals surface area contributed by atoms with Crippen LogP contribution in [0.1, 0.15) is 135 Å². The van der Waals surface area contributed by atoms with Gasteiger partial charge in [0.2, 0.25) is 5.90 Å². The molecule has 2 rings (SSSR count). The van der Waals surface area contributed by atoms with Crippen LogP contribution in [0.3, 0.4) is 0 Å². The number of halogens is 1. The standard InChI is InChI=1S/C24H44N2O.ClH/c1-3-7-11-15-19-23(20-16-12-8-4-1)26-27-24-21-17-13-9-5-2-6-10-14-18-22-25-24;/h1-22H2;1H/b25-24-;. The maximum absolute atomic E-state index is 5.92. The molecule has 4 heteroatoms. The third-order valence-electron chi connectivity index (χ3n) is 6.05. The van der Waals surface area contributed by atoms with Crippen LogP contribution in [-0.4, -0.2) is 18.2 Å². The van der Waals surface area contributed by atoms with Crippen molar-refractivity contribution in [2.45, 2.75) is 135 Å². The molecule has 0 saturated heterocycles. The smallest absolute Gasteiger partial charge is 0.220 e. The van der Waals surface area contributed by atoms with Crippen LogP contribution in [0.5, 0.6) is 0 Å². The Hall–Kier alpha value is -0.570. The van der Waals surface area contributed by atoms with E-state index in [0.29, 0.717) is 0 Å². The Morgan fingerprint density at radius 2 is 0.893 bits per heavy atom. The average Bonchev–Trinajstić information content (AvgIpc) is 2.69. The van der Waals surface area contributed by atoms with Crippen molar-refractivity contribution in [2.24, 2.45) is 10.1 Å². The Bertz CT molecular complexity index is 409. The first-order chi connectivity index (χ1) is 13.4. The zero-order valence-electron chi connectivity index (χ0n) is 18.3. The second-order valence-corrected chi connectivity index (χ2v) is 8.64. The second kappa shape index (κ2) is 18.5. The quantitative estimate of drug-likeness (QED) is 0.398. The van der Waals surface area contributed by atoms with E-state index < -0.39 is 0 Å². The summed E-state index contributed by atoms with van der Waals surface area (Å²) in [6.45, 7) is 0.917. The number of hydrogen-bond acceptors (Lipinski definition) is 3. The highest BCUT2D eigenvalue weighted by molar-refractivity contribution is 5.85. The average molecular weight is 413 g/mol. The van der Waals surface area contributed by atoms with Gasteiger partial charge in [-0.2, -0.15) is 0 Å². The van der Waals surface area contributed by atoms with Crippen LogP contribution in [0, 0.1) is 0 Å². The highest BCUT2D eigenvalue weighted by Crippen LogP contribution is 2.17. The minimum Gasteiger partial charge on any atom is -0.342 e. The van der Waals surface area contributed by atoms with Gasteiger partial charge >= 0.3 is 0 Å². The summed E-state index contributed by atoms with van der Waals surface area (Å²) in [6, 6.07) is 0.